The van der Waals surface area contributed by atoms with E-state index in [0.717, 1.165) is 34.3 Å². The summed E-state index contributed by atoms with van der Waals surface area (Å²) in [6.45, 7) is 0. The van der Waals surface area contributed by atoms with Crippen LogP contribution in [0.1, 0.15) is 12.0 Å². The average Bonchev–Trinajstić information content (AvgIpc) is 2.52. The summed E-state index contributed by atoms with van der Waals surface area (Å²) < 4.78 is 5.15. The fourth-order valence-electron chi connectivity index (χ4n) is 1.99. The highest BCUT2D eigenvalue weighted by molar-refractivity contribution is 7.99. The van der Waals surface area contributed by atoms with Crippen molar-refractivity contribution in [1.82, 2.24) is 0 Å². The van der Waals surface area contributed by atoms with Gasteiger partial charge in [0.2, 0.25) is 0 Å². The summed E-state index contributed by atoms with van der Waals surface area (Å²) in [5, 5.41) is 0.796. The Morgan fingerprint density at radius 1 is 1.14 bits per heavy atom. The van der Waals surface area contributed by atoms with Gasteiger partial charge in [0.15, 0.2) is 0 Å². The van der Waals surface area contributed by atoms with Crippen LogP contribution >= 0.6 is 23.4 Å². The molecule has 0 aliphatic heterocycles. The van der Waals surface area contributed by atoms with Crippen molar-refractivity contribution in [2.24, 2.45) is 5.73 Å². The van der Waals surface area contributed by atoms with E-state index < -0.39 is 0 Å². The minimum Gasteiger partial charge on any atom is -0.497 e. The van der Waals surface area contributed by atoms with Crippen LogP contribution < -0.4 is 10.5 Å². The zero-order valence-electron chi connectivity index (χ0n) is 12.1. The van der Waals surface area contributed by atoms with E-state index in [1.165, 1.54) is 5.56 Å². The third-order valence-electron chi connectivity index (χ3n) is 3.25. The quantitative estimate of drug-likeness (QED) is 0.768. The van der Waals surface area contributed by atoms with Crippen LogP contribution in [0.2, 0.25) is 5.02 Å². The molecule has 1 unspecified atom stereocenters. The predicted octanol–water partition coefficient (Wildman–Crippen LogP) is 4.40. The second-order valence-corrected chi connectivity index (χ2v) is 6.36. The molecule has 0 amide bonds. The van der Waals surface area contributed by atoms with Gasteiger partial charge in [-0.05, 0) is 42.7 Å². The van der Waals surface area contributed by atoms with Gasteiger partial charge in [-0.25, -0.2) is 0 Å². The van der Waals surface area contributed by atoms with Gasteiger partial charge in [-0.15, -0.1) is 11.8 Å². The van der Waals surface area contributed by atoms with Gasteiger partial charge >= 0.3 is 0 Å². The maximum atomic E-state index is 6.19. The van der Waals surface area contributed by atoms with Crippen molar-refractivity contribution in [1.29, 1.82) is 0 Å². The number of methoxy groups -OCH3 is 1. The molecular weight excluding hydrogens is 302 g/mol. The molecule has 0 fully saturated rings. The lowest BCUT2D eigenvalue weighted by Crippen LogP contribution is -2.23. The standard InChI is InChI=1S/C17H20ClNOS/c1-20-15-10-7-13(8-11-15)6-9-14(19)12-21-17-5-3-2-4-16(17)18/h2-5,7-8,10-11,14H,6,9,12,19H2,1H3. The largest absolute Gasteiger partial charge is 0.497 e. The third kappa shape index (κ3) is 5.27. The van der Waals surface area contributed by atoms with Gasteiger partial charge in [-0.2, -0.15) is 0 Å². The molecular formula is C17H20ClNOS. The van der Waals surface area contributed by atoms with Crippen molar-refractivity contribution in [3.63, 3.8) is 0 Å². The number of benzene rings is 2. The molecule has 0 bridgehead atoms. The van der Waals surface area contributed by atoms with Crippen LogP contribution in [-0.2, 0) is 6.42 Å². The normalized spacial score (nSPS) is 12.1. The molecule has 0 heterocycles. The maximum absolute atomic E-state index is 6.19. The van der Waals surface area contributed by atoms with Crippen molar-refractivity contribution in [2.75, 3.05) is 12.9 Å². The van der Waals surface area contributed by atoms with Gasteiger partial charge < -0.3 is 10.5 Å². The number of aryl methyl sites for hydroxylation is 1. The lowest BCUT2D eigenvalue weighted by atomic mass is 10.1. The third-order valence-corrected chi connectivity index (χ3v) is 4.96. The Morgan fingerprint density at radius 2 is 1.86 bits per heavy atom. The molecule has 2 nitrogen and oxygen atoms in total. The van der Waals surface area contributed by atoms with Gasteiger partial charge in [0.1, 0.15) is 5.75 Å². The molecule has 0 radical (unpaired) electrons. The molecule has 0 aromatic heterocycles. The van der Waals surface area contributed by atoms with Gasteiger partial charge in [0, 0.05) is 16.7 Å². The number of hydrogen-bond acceptors (Lipinski definition) is 3. The summed E-state index contributed by atoms with van der Waals surface area (Å²) in [6, 6.07) is 16.2. The lowest BCUT2D eigenvalue weighted by Gasteiger charge is -2.12. The van der Waals surface area contributed by atoms with Crippen LogP contribution in [0, 0.1) is 0 Å². The summed E-state index contributed by atoms with van der Waals surface area (Å²) in [4.78, 5) is 1.10. The van der Waals surface area contributed by atoms with E-state index in [1.54, 1.807) is 18.9 Å². The molecule has 2 aromatic carbocycles. The molecule has 4 heteroatoms. The molecule has 0 aliphatic rings. The van der Waals surface area contributed by atoms with Crippen LogP contribution in [0.15, 0.2) is 53.4 Å². The van der Waals surface area contributed by atoms with Crippen LogP contribution in [0.5, 0.6) is 5.75 Å². The SMILES string of the molecule is COc1ccc(CCC(N)CSc2ccccc2Cl)cc1. The van der Waals surface area contributed by atoms with Crippen LogP contribution in [0.25, 0.3) is 0 Å². The van der Waals surface area contributed by atoms with Gasteiger partial charge in [0.05, 0.1) is 12.1 Å². The van der Waals surface area contributed by atoms with Crippen molar-refractivity contribution in [3.05, 3.63) is 59.1 Å². The highest BCUT2D eigenvalue weighted by Crippen LogP contribution is 2.27. The summed E-state index contributed by atoms with van der Waals surface area (Å²) in [6.07, 6.45) is 1.94. The molecule has 21 heavy (non-hydrogen) atoms. The first-order valence-corrected chi connectivity index (χ1v) is 8.31. The second-order valence-electron chi connectivity index (χ2n) is 4.89. The number of hydrogen-bond donors (Lipinski definition) is 1. The van der Waals surface area contributed by atoms with E-state index in [2.05, 4.69) is 12.1 Å². The van der Waals surface area contributed by atoms with E-state index in [9.17, 15) is 0 Å². The Balaban J connectivity index is 1.76. The number of halogens is 1. The Kier molecular flexibility index (Phi) is 6.43. The van der Waals surface area contributed by atoms with Crippen LogP contribution in [-0.4, -0.2) is 18.9 Å². The molecule has 0 spiro atoms. The lowest BCUT2D eigenvalue weighted by molar-refractivity contribution is 0.414. The van der Waals surface area contributed by atoms with Crippen LogP contribution in [0.3, 0.4) is 0 Å². The number of ether oxygens (including phenoxy) is 1. The van der Waals surface area contributed by atoms with E-state index in [4.69, 9.17) is 22.1 Å². The van der Waals surface area contributed by atoms with E-state index in [0.29, 0.717) is 0 Å². The van der Waals surface area contributed by atoms with Crippen LogP contribution in [0.4, 0.5) is 0 Å². The highest BCUT2D eigenvalue weighted by Gasteiger charge is 2.06. The molecule has 2 rings (SSSR count). The van der Waals surface area contributed by atoms with Crippen molar-refractivity contribution in [2.45, 2.75) is 23.8 Å². The average molecular weight is 322 g/mol. The summed E-state index contributed by atoms with van der Waals surface area (Å²) >= 11 is 7.86. The minimum absolute atomic E-state index is 0.161. The van der Waals surface area contributed by atoms with Gasteiger partial charge in [0.25, 0.3) is 0 Å². The van der Waals surface area contributed by atoms with E-state index in [1.807, 2.05) is 36.4 Å². The predicted molar refractivity (Wildman–Crippen MR) is 91.5 cm³/mol. The zero-order chi connectivity index (χ0) is 15.1. The molecule has 112 valence electrons. The second kappa shape index (κ2) is 8.32. The smallest absolute Gasteiger partial charge is 0.118 e. The number of rotatable bonds is 7. The molecule has 0 saturated carbocycles. The van der Waals surface area contributed by atoms with Gasteiger partial charge in [-0.1, -0.05) is 35.9 Å². The molecule has 0 aliphatic carbocycles. The zero-order valence-corrected chi connectivity index (χ0v) is 13.7. The molecule has 2 aromatic rings. The van der Waals surface area contributed by atoms with Gasteiger partial charge in [-0.3, -0.25) is 0 Å². The minimum atomic E-state index is 0.161. The van der Waals surface area contributed by atoms with E-state index >= 15 is 0 Å². The molecule has 0 saturated heterocycles. The Morgan fingerprint density at radius 3 is 2.52 bits per heavy atom. The fourth-order valence-corrected chi connectivity index (χ4v) is 3.23. The summed E-state index contributed by atoms with van der Waals surface area (Å²) in [5.41, 5.74) is 7.47. The first kappa shape index (κ1) is 16.2. The molecule has 2 N–H and O–H groups in total. The number of nitrogens with two attached hydrogens (primary N) is 1. The summed E-state index contributed by atoms with van der Waals surface area (Å²) in [5.74, 6) is 1.76. The highest BCUT2D eigenvalue weighted by atomic mass is 35.5. The number of thioether (sulfide) groups is 1. The first-order chi connectivity index (χ1) is 10.2. The first-order valence-electron chi connectivity index (χ1n) is 6.95. The van der Waals surface area contributed by atoms with Crippen molar-refractivity contribution >= 4 is 23.4 Å². The Labute approximate surface area is 135 Å². The van der Waals surface area contributed by atoms with Crippen molar-refractivity contribution in [3.8, 4) is 5.75 Å². The Bertz CT molecular complexity index is 559. The van der Waals surface area contributed by atoms with E-state index in [-0.39, 0.29) is 6.04 Å². The maximum Gasteiger partial charge on any atom is 0.118 e. The van der Waals surface area contributed by atoms with Crippen molar-refractivity contribution < 1.29 is 4.74 Å². The topological polar surface area (TPSA) is 35.2 Å². The monoisotopic (exact) mass is 321 g/mol. The Hall–Kier alpha value is -1.16. The summed E-state index contributed by atoms with van der Waals surface area (Å²) in [7, 11) is 1.68. The fraction of sp³-hybridized carbons (Fsp3) is 0.294. The molecule has 1 atom stereocenters.